The summed E-state index contributed by atoms with van der Waals surface area (Å²) in [5.41, 5.74) is 3.99. The second kappa shape index (κ2) is 9.80. The van der Waals surface area contributed by atoms with Gasteiger partial charge in [-0.05, 0) is 60.7 Å². The van der Waals surface area contributed by atoms with Crippen LogP contribution in [0.1, 0.15) is 67.6 Å². The maximum atomic E-state index is 13.2. The summed E-state index contributed by atoms with van der Waals surface area (Å²) in [5, 5.41) is 5.60. The molecule has 0 heterocycles. The van der Waals surface area contributed by atoms with E-state index in [2.05, 4.69) is 80.5 Å². The lowest BCUT2D eigenvalue weighted by molar-refractivity contribution is 0.0939. The average Bonchev–Trinajstić information content (AvgIpc) is 2.76. The second-order valence-electron chi connectivity index (χ2n) is 8.22. The molecule has 3 rings (SSSR count). The molecule has 3 aromatic rings. The number of hydrogen-bond acceptors (Lipinski definition) is 2. The summed E-state index contributed by atoms with van der Waals surface area (Å²) < 4.78 is 0. The van der Waals surface area contributed by atoms with Gasteiger partial charge in [-0.3, -0.25) is 4.79 Å². The molecule has 30 heavy (non-hydrogen) atoms. The Morgan fingerprint density at radius 3 is 2.50 bits per heavy atom. The number of amides is 1. The van der Waals surface area contributed by atoms with Gasteiger partial charge in [-0.1, -0.05) is 68.8 Å². The van der Waals surface area contributed by atoms with E-state index in [-0.39, 0.29) is 11.9 Å². The van der Waals surface area contributed by atoms with Crippen LogP contribution in [0.25, 0.3) is 10.8 Å². The Balaban J connectivity index is 1.84. The van der Waals surface area contributed by atoms with Gasteiger partial charge in [0, 0.05) is 24.3 Å². The zero-order valence-electron chi connectivity index (χ0n) is 18.9. The molecule has 0 saturated carbocycles. The van der Waals surface area contributed by atoms with E-state index in [0.29, 0.717) is 6.04 Å². The van der Waals surface area contributed by atoms with Crippen molar-refractivity contribution in [3.8, 4) is 0 Å². The molecule has 0 aliphatic rings. The fourth-order valence-electron chi connectivity index (χ4n) is 4.27. The van der Waals surface area contributed by atoms with E-state index in [1.165, 1.54) is 10.8 Å². The van der Waals surface area contributed by atoms with Crippen molar-refractivity contribution in [1.29, 1.82) is 0 Å². The highest BCUT2D eigenvalue weighted by molar-refractivity contribution is 5.97. The van der Waals surface area contributed by atoms with E-state index in [0.717, 1.165) is 41.6 Å². The first-order valence-electron chi connectivity index (χ1n) is 11.1. The third-order valence-electron chi connectivity index (χ3n) is 6.15. The number of fused-ring (bicyclic) bond motifs is 1. The van der Waals surface area contributed by atoms with Crippen molar-refractivity contribution in [2.24, 2.45) is 0 Å². The summed E-state index contributed by atoms with van der Waals surface area (Å²) >= 11 is 0. The third-order valence-corrected chi connectivity index (χ3v) is 6.15. The highest BCUT2D eigenvalue weighted by atomic mass is 16.1. The van der Waals surface area contributed by atoms with E-state index >= 15 is 0 Å². The van der Waals surface area contributed by atoms with Crippen LogP contribution in [0.4, 0.5) is 5.69 Å². The van der Waals surface area contributed by atoms with Crippen LogP contribution in [0.2, 0.25) is 0 Å². The van der Waals surface area contributed by atoms with Gasteiger partial charge in [0.05, 0.1) is 6.04 Å². The minimum Gasteiger partial charge on any atom is -0.372 e. The molecule has 0 spiro atoms. The lowest BCUT2D eigenvalue weighted by Gasteiger charge is -2.30. The number of anilines is 1. The Labute approximate surface area is 181 Å². The number of carbonyl (C=O) groups is 1. The molecular formula is C27H34N2O. The topological polar surface area (TPSA) is 32.3 Å². The van der Waals surface area contributed by atoms with Gasteiger partial charge in [0.15, 0.2) is 0 Å². The Morgan fingerprint density at radius 1 is 1.03 bits per heavy atom. The second-order valence-corrected chi connectivity index (χ2v) is 8.22. The summed E-state index contributed by atoms with van der Waals surface area (Å²) in [4.78, 5) is 15.5. The average molecular weight is 403 g/mol. The van der Waals surface area contributed by atoms with Gasteiger partial charge >= 0.3 is 0 Å². The number of nitrogens with zero attached hydrogens (tertiary/aromatic N) is 1. The molecule has 0 fully saturated rings. The molecule has 1 amide bonds. The summed E-state index contributed by atoms with van der Waals surface area (Å²) in [7, 11) is 2.13. The molecule has 0 aliphatic carbocycles. The van der Waals surface area contributed by atoms with Crippen LogP contribution in [0.5, 0.6) is 0 Å². The number of carbonyl (C=O) groups excluding carboxylic acids is 1. The van der Waals surface area contributed by atoms with Crippen LogP contribution < -0.4 is 10.2 Å². The van der Waals surface area contributed by atoms with Crippen molar-refractivity contribution in [2.45, 2.75) is 59.0 Å². The molecular weight excluding hydrogens is 368 g/mol. The molecule has 2 unspecified atom stereocenters. The molecule has 2 atom stereocenters. The van der Waals surface area contributed by atoms with E-state index in [1.807, 2.05) is 25.1 Å². The van der Waals surface area contributed by atoms with E-state index < -0.39 is 0 Å². The third kappa shape index (κ3) is 4.67. The normalized spacial score (nSPS) is 13.1. The molecule has 0 saturated heterocycles. The first-order chi connectivity index (χ1) is 14.5. The number of aryl methyl sites for hydroxylation is 1. The van der Waals surface area contributed by atoms with Crippen molar-refractivity contribution in [3.63, 3.8) is 0 Å². The predicted octanol–water partition coefficient (Wildman–Crippen LogP) is 6.65. The van der Waals surface area contributed by atoms with E-state index in [9.17, 15) is 4.79 Å². The summed E-state index contributed by atoms with van der Waals surface area (Å²) in [6.45, 7) is 8.51. The molecule has 0 aromatic heterocycles. The van der Waals surface area contributed by atoms with Crippen LogP contribution in [0.3, 0.4) is 0 Å². The summed E-state index contributed by atoms with van der Waals surface area (Å²) in [5.74, 6) is -0.0216. The first-order valence-corrected chi connectivity index (χ1v) is 11.1. The van der Waals surface area contributed by atoms with Gasteiger partial charge in [-0.15, -0.1) is 0 Å². The number of hydrogen-bond donors (Lipinski definition) is 1. The number of benzene rings is 3. The van der Waals surface area contributed by atoms with E-state index in [1.54, 1.807) is 0 Å². The van der Waals surface area contributed by atoms with E-state index in [4.69, 9.17) is 0 Å². The number of nitrogens with one attached hydrogen (secondary N) is 1. The Bertz CT molecular complexity index is 1010. The summed E-state index contributed by atoms with van der Waals surface area (Å²) in [6.07, 6.45) is 3.41. The van der Waals surface area contributed by atoms with Crippen LogP contribution in [0, 0.1) is 6.92 Å². The maximum Gasteiger partial charge on any atom is 0.252 e. The molecule has 0 aliphatic heterocycles. The zero-order valence-corrected chi connectivity index (χ0v) is 18.9. The Kier molecular flexibility index (Phi) is 7.15. The van der Waals surface area contributed by atoms with Crippen LogP contribution in [-0.2, 0) is 0 Å². The fraction of sp³-hybridized carbons (Fsp3) is 0.370. The maximum absolute atomic E-state index is 13.2. The van der Waals surface area contributed by atoms with Gasteiger partial charge in [0.2, 0.25) is 0 Å². The quantitative estimate of drug-likeness (QED) is 0.457. The fourth-order valence-corrected chi connectivity index (χ4v) is 4.27. The molecule has 0 radical (unpaired) electrons. The van der Waals surface area contributed by atoms with Gasteiger partial charge in [-0.2, -0.15) is 0 Å². The Hall–Kier alpha value is -2.81. The Morgan fingerprint density at radius 2 is 1.77 bits per heavy atom. The SMILES string of the molecule is CCCC(CC)N(C)c1ccc(C)c(C(=O)NC(C)c2cccc3ccccc23)c1. The van der Waals surface area contributed by atoms with Crippen molar-refractivity contribution in [3.05, 3.63) is 77.4 Å². The predicted molar refractivity (Wildman–Crippen MR) is 128 cm³/mol. The van der Waals surface area contributed by atoms with Gasteiger partial charge in [-0.25, -0.2) is 0 Å². The zero-order chi connectivity index (χ0) is 21.7. The molecule has 0 bridgehead atoms. The monoisotopic (exact) mass is 402 g/mol. The largest absolute Gasteiger partial charge is 0.372 e. The standard InChI is InChI=1S/C27H34N2O/c1-6-11-22(7-2)29(5)23-17-16-19(3)26(18-23)27(30)28-20(4)24-15-10-13-21-12-8-9-14-25(21)24/h8-10,12-18,20,22H,6-7,11H2,1-5H3,(H,28,30). The van der Waals surface area contributed by atoms with Gasteiger partial charge in [0.25, 0.3) is 5.91 Å². The van der Waals surface area contributed by atoms with Gasteiger partial charge in [0.1, 0.15) is 0 Å². The lowest BCUT2D eigenvalue weighted by Crippen LogP contribution is -2.32. The molecule has 3 heteroatoms. The molecule has 1 N–H and O–H groups in total. The van der Waals surface area contributed by atoms with Crippen molar-refractivity contribution < 1.29 is 4.79 Å². The van der Waals surface area contributed by atoms with Crippen molar-refractivity contribution in [2.75, 3.05) is 11.9 Å². The van der Waals surface area contributed by atoms with Gasteiger partial charge < -0.3 is 10.2 Å². The molecule has 3 nitrogen and oxygen atoms in total. The van der Waals surface area contributed by atoms with Crippen molar-refractivity contribution >= 4 is 22.4 Å². The van der Waals surface area contributed by atoms with Crippen molar-refractivity contribution in [1.82, 2.24) is 5.32 Å². The first kappa shape index (κ1) is 21.9. The highest BCUT2D eigenvalue weighted by Crippen LogP contribution is 2.26. The highest BCUT2D eigenvalue weighted by Gasteiger charge is 2.18. The number of rotatable bonds is 8. The molecule has 158 valence electrons. The minimum atomic E-state index is -0.0760. The summed E-state index contributed by atoms with van der Waals surface area (Å²) in [6, 6.07) is 21.2. The minimum absolute atomic E-state index is 0.0216. The van der Waals surface area contributed by atoms with Crippen LogP contribution in [-0.4, -0.2) is 19.0 Å². The smallest absolute Gasteiger partial charge is 0.252 e. The molecule has 3 aromatic carbocycles. The van der Waals surface area contributed by atoms with Crippen LogP contribution >= 0.6 is 0 Å². The lowest BCUT2D eigenvalue weighted by atomic mass is 9.99. The van der Waals surface area contributed by atoms with Crippen LogP contribution in [0.15, 0.2) is 60.7 Å².